The molecule has 1 fully saturated rings. The molecule has 1 aliphatic rings. The van der Waals surface area contributed by atoms with Crippen LogP contribution in [0.25, 0.3) is 0 Å². The summed E-state index contributed by atoms with van der Waals surface area (Å²) in [5.41, 5.74) is 1.39. The van der Waals surface area contributed by atoms with Crippen molar-refractivity contribution in [1.29, 1.82) is 0 Å². The van der Waals surface area contributed by atoms with Crippen molar-refractivity contribution < 1.29 is 22.5 Å². The van der Waals surface area contributed by atoms with Crippen LogP contribution in [-0.4, -0.2) is 31.9 Å². The lowest BCUT2D eigenvalue weighted by Gasteiger charge is -2.18. The number of sulfonamides is 1. The van der Waals surface area contributed by atoms with Gasteiger partial charge in [0.25, 0.3) is 0 Å². The number of hydrogen-bond acceptors (Lipinski definition) is 6. The summed E-state index contributed by atoms with van der Waals surface area (Å²) < 4.78 is 37.1. The van der Waals surface area contributed by atoms with Crippen LogP contribution in [0.4, 0.5) is 0 Å². The quantitative estimate of drug-likeness (QED) is 0.815. The van der Waals surface area contributed by atoms with Gasteiger partial charge in [0.05, 0.1) is 24.0 Å². The van der Waals surface area contributed by atoms with E-state index in [1.54, 1.807) is 13.8 Å². The van der Waals surface area contributed by atoms with E-state index < -0.39 is 27.2 Å². The molecule has 2 rings (SSSR count). The zero-order chi connectivity index (χ0) is 15.6. The molecule has 0 saturated heterocycles. The van der Waals surface area contributed by atoms with Crippen molar-refractivity contribution in [2.24, 2.45) is 5.92 Å². The smallest absolute Gasteiger partial charge is 0.310 e. The van der Waals surface area contributed by atoms with E-state index in [2.05, 4.69) is 9.88 Å². The zero-order valence-electron chi connectivity index (χ0n) is 12.4. The van der Waals surface area contributed by atoms with Crippen LogP contribution >= 0.6 is 0 Å². The van der Waals surface area contributed by atoms with E-state index in [4.69, 9.17) is 9.26 Å². The molecule has 1 N–H and O–H groups in total. The Balaban J connectivity index is 2.10. The highest BCUT2D eigenvalue weighted by Gasteiger charge is 2.42. The first-order valence-corrected chi connectivity index (χ1v) is 8.39. The SMILES string of the molecule is COC(=O)C1CCCC1S(=O)(=O)NCc1c(C)noc1C. The summed E-state index contributed by atoms with van der Waals surface area (Å²) >= 11 is 0. The molecule has 21 heavy (non-hydrogen) atoms. The van der Waals surface area contributed by atoms with Crippen LogP contribution in [0.3, 0.4) is 0 Å². The van der Waals surface area contributed by atoms with Gasteiger partial charge in [0, 0.05) is 12.1 Å². The molecule has 2 atom stereocenters. The van der Waals surface area contributed by atoms with Crippen LogP contribution in [0.2, 0.25) is 0 Å². The van der Waals surface area contributed by atoms with Gasteiger partial charge in [-0.05, 0) is 26.7 Å². The van der Waals surface area contributed by atoms with E-state index in [0.29, 0.717) is 30.7 Å². The molecule has 2 unspecified atom stereocenters. The minimum atomic E-state index is -3.59. The van der Waals surface area contributed by atoms with Gasteiger partial charge in [-0.2, -0.15) is 0 Å². The first-order valence-electron chi connectivity index (χ1n) is 6.85. The molecule has 1 heterocycles. The maximum Gasteiger partial charge on any atom is 0.310 e. The van der Waals surface area contributed by atoms with Crippen molar-refractivity contribution >= 4 is 16.0 Å². The van der Waals surface area contributed by atoms with Gasteiger partial charge in [-0.15, -0.1) is 0 Å². The third kappa shape index (κ3) is 3.26. The average molecular weight is 316 g/mol. The second-order valence-corrected chi connectivity index (χ2v) is 7.25. The minimum Gasteiger partial charge on any atom is -0.469 e. The number of esters is 1. The number of rotatable bonds is 5. The molecule has 118 valence electrons. The van der Waals surface area contributed by atoms with E-state index in [1.165, 1.54) is 7.11 Å². The minimum absolute atomic E-state index is 0.119. The van der Waals surface area contributed by atoms with E-state index >= 15 is 0 Å². The fourth-order valence-corrected chi connectivity index (χ4v) is 4.47. The Hall–Kier alpha value is -1.41. The third-order valence-corrected chi connectivity index (χ3v) is 5.89. The van der Waals surface area contributed by atoms with E-state index in [1.807, 2.05) is 0 Å². The van der Waals surface area contributed by atoms with Gasteiger partial charge in [-0.1, -0.05) is 11.6 Å². The topological polar surface area (TPSA) is 98.5 Å². The maximum absolute atomic E-state index is 12.4. The molecule has 1 aromatic rings. The molecule has 8 heteroatoms. The largest absolute Gasteiger partial charge is 0.469 e. The summed E-state index contributed by atoms with van der Waals surface area (Å²) in [6, 6.07) is 0. The lowest BCUT2D eigenvalue weighted by Crippen LogP contribution is -2.39. The number of carbonyl (C=O) groups is 1. The second kappa shape index (κ2) is 6.15. The first kappa shape index (κ1) is 16.0. The lowest BCUT2D eigenvalue weighted by atomic mass is 10.1. The van der Waals surface area contributed by atoms with Gasteiger partial charge in [0.15, 0.2) is 0 Å². The standard InChI is InChI=1S/C13H20N2O5S/c1-8-11(9(2)20-15-8)7-14-21(17,18)12-6-4-5-10(12)13(16)19-3/h10,12,14H,4-7H2,1-3H3. The zero-order valence-corrected chi connectivity index (χ0v) is 13.2. The molecule has 0 spiro atoms. The van der Waals surface area contributed by atoms with Crippen LogP contribution in [-0.2, 0) is 26.1 Å². The van der Waals surface area contributed by atoms with Crippen molar-refractivity contribution in [3.8, 4) is 0 Å². The molecular formula is C13H20N2O5S. The van der Waals surface area contributed by atoms with Gasteiger partial charge in [-0.3, -0.25) is 4.79 Å². The molecule has 0 amide bonds. The number of ether oxygens (including phenoxy) is 1. The molecule has 1 saturated carbocycles. The number of hydrogen-bond donors (Lipinski definition) is 1. The van der Waals surface area contributed by atoms with Crippen LogP contribution in [0.15, 0.2) is 4.52 Å². The number of aromatic nitrogens is 1. The van der Waals surface area contributed by atoms with Crippen molar-refractivity contribution in [3.63, 3.8) is 0 Å². The molecule has 7 nitrogen and oxygen atoms in total. The Bertz CT molecular complexity index is 603. The molecule has 0 radical (unpaired) electrons. The molecule has 1 aromatic heterocycles. The highest BCUT2D eigenvalue weighted by molar-refractivity contribution is 7.90. The summed E-state index contributed by atoms with van der Waals surface area (Å²) in [7, 11) is -2.31. The van der Waals surface area contributed by atoms with Crippen molar-refractivity contribution in [1.82, 2.24) is 9.88 Å². The monoisotopic (exact) mass is 316 g/mol. The van der Waals surface area contributed by atoms with Gasteiger partial charge in [-0.25, -0.2) is 13.1 Å². The molecule has 1 aliphatic carbocycles. The van der Waals surface area contributed by atoms with Crippen LogP contribution in [0.1, 0.15) is 36.3 Å². The Morgan fingerprint density at radius 2 is 2.14 bits per heavy atom. The van der Waals surface area contributed by atoms with Crippen molar-refractivity contribution in [2.75, 3.05) is 7.11 Å². The highest BCUT2D eigenvalue weighted by atomic mass is 32.2. The second-order valence-electron chi connectivity index (χ2n) is 5.27. The molecule has 0 aromatic carbocycles. The molecular weight excluding hydrogens is 296 g/mol. The number of carbonyl (C=O) groups excluding carboxylic acids is 1. The Morgan fingerprint density at radius 3 is 2.71 bits per heavy atom. The Kier molecular flexibility index (Phi) is 4.67. The van der Waals surface area contributed by atoms with Gasteiger partial charge < -0.3 is 9.26 Å². The van der Waals surface area contributed by atoms with Gasteiger partial charge >= 0.3 is 5.97 Å². The average Bonchev–Trinajstić information content (AvgIpc) is 3.04. The van der Waals surface area contributed by atoms with Crippen LogP contribution in [0.5, 0.6) is 0 Å². The van der Waals surface area contributed by atoms with Crippen molar-refractivity contribution in [3.05, 3.63) is 17.0 Å². The van der Waals surface area contributed by atoms with E-state index in [0.717, 1.165) is 5.56 Å². The van der Waals surface area contributed by atoms with Crippen LogP contribution in [0, 0.1) is 19.8 Å². The summed E-state index contributed by atoms with van der Waals surface area (Å²) in [6.45, 7) is 3.61. The summed E-state index contributed by atoms with van der Waals surface area (Å²) in [4.78, 5) is 11.7. The van der Waals surface area contributed by atoms with Gasteiger partial charge in [0.1, 0.15) is 5.76 Å². The van der Waals surface area contributed by atoms with Gasteiger partial charge in [0.2, 0.25) is 10.0 Å². The number of methoxy groups -OCH3 is 1. The predicted molar refractivity (Wildman–Crippen MR) is 74.9 cm³/mol. The third-order valence-electron chi connectivity index (χ3n) is 3.99. The normalized spacial score (nSPS) is 22.4. The van der Waals surface area contributed by atoms with E-state index in [-0.39, 0.29) is 6.54 Å². The summed E-state index contributed by atoms with van der Waals surface area (Å²) in [5.74, 6) is -0.455. The Labute approximate surface area is 124 Å². The first-order chi connectivity index (χ1) is 9.86. The number of nitrogens with one attached hydrogen (secondary N) is 1. The Morgan fingerprint density at radius 1 is 1.43 bits per heavy atom. The fraction of sp³-hybridized carbons (Fsp3) is 0.692. The number of nitrogens with zero attached hydrogens (tertiary/aromatic N) is 1. The molecule has 0 aliphatic heterocycles. The number of aryl methyl sites for hydroxylation is 2. The summed E-state index contributed by atoms with van der Waals surface area (Å²) in [6.07, 6.45) is 1.72. The summed E-state index contributed by atoms with van der Waals surface area (Å²) in [5, 5.41) is 3.06. The van der Waals surface area contributed by atoms with Crippen LogP contribution < -0.4 is 4.72 Å². The fourth-order valence-electron chi connectivity index (χ4n) is 2.75. The maximum atomic E-state index is 12.4. The van der Waals surface area contributed by atoms with Crippen molar-refractivity contribution in [2.45, 2.75) is 44.9 Å². The molecule has 0 bridgehead atoms. The highest BCUT2D eigenvalue weighted by Crippen LogP contribution is 2.31. The van der Waals surface area contributed by atoms with E-state index in [9.17, 15) is 13.2 Å². The lowest BCUT2D eigenvalue weighted by molar-refractivity contribution is -0.145. The predicted octanol–water partition coefficient (Wildman–Crippen LogP) is 1.05.